The molecule has 1 fully saturated rings. The van der Waals surface area contributed by atoms with Crippen LogP contribution in [0.5, 0.6) is 17.5 Å². The van der Waals surface area contributed by atoms with Crippen LogP contribution in [0.25, 0.3) is 0 Å². The highest BCUT2D eigenvalue weighted by atomic mass is 28.3. The standard InChI is InChI=1S/C22H35BN2O5Si/c1-21(2)22(3,4)30-23(29-21)18-10-9-17(28-20-24-11-12-25(20)5)15-19(18)27-16-26-13-14-31(6,7)8/h9-12,15H,13-14,16H2,1-8H3. The zero-order valence-electron chi connectivity index (χ0n) is 20.0. The van der Waals surface area contributed by atoms with Gasteiger partial charge in [-0.15, -0.1) is 0 Å². The maximum Gasteiger partial charge on any atom is 0.498 e. The zero-order valence-corrected chi connectivity index (χ0v) is 21.0. The Morgan fingerprint density at radius 2 is 1.77 bits per heavy atom. The molecule has 0 unspecified atom stereocenters. The van der Waals surface area contributed by atoms with Gasteiger partial charge in [0.1, 0.15) is 11.5 Å². The van der Waals surface area contributed by atoms with E-state index in [1.165, 1.54) is 0 Å². The van der Waals surface area contributed by atoms with Crippen molar-refractivity contribution in [2.24, 2.45) is 7.05 Å². The summed E-state index contributed by atoms with van der Waals surface area (Å²) in [6, 6.07) is 7.20. The van der Waals surface area contributed by atoms with Gasteiger partial charge in [0.2, 0.25) is 0 Å². The minimum atomic E-state index is -1.15. The largest absolute Gasteiger partial charge is 0.498 e. The highest BCUT2D eigenvalue weighted by Crippen LogP contribution is 2.37. The van der Waals surface area contributed by atoms with Gasteiger partial charge in [-0.05, 0) is 39.8 Å². The summed E-state index contributed by atoms with van der Waals surface area (Å²) in [5.74, 6) is 1.23. The van der Waals surface area contributed by atoms with Crippen molar-refractivity contribution in [2.45, 2.75) is 64.6 Å². The van der Waals surface area contributed by atoms with E-state index in [0.717, 1.165) is 11.5 Å². The molecule has 0 spiro atoms. The summed E-state index contributed by atoms with van der Waals surface area (Å²) in [5, 5.41) is 0. The average molecular weight is 446 g/mol. The first-order chi connectivity index (χ1) is 14.4. The Morgan fingerprint density at radius 1 is 1.10 bits per heavy atom. The predicted octanol–water partition coefficient (Wildman–Crippen LogP) is 4.20. The lowest BCUT2D eigenvalue weighted by atomic mass is 9.78. The highest BCUT2D eigenvalue weighted by molar-refractivity contribution is 6.76. The van der Waals surface area contributed by atoms with E-state index >= 15 is 0 Å². The number of rotatable bonds is 9. The molecule has 1 aliphatic heterocycles. The smallest absolute Gasteiger partial charge is 0.468 e. The molecule has 170 valence electrons. The fourth-order valence-corrected chi connectivity index (χ4v) is 3.72. The van der Waals surface area contributed by atoms with Gasteiger partial charge in [-0.3, -0.25) is 0 Å². The first kappa shape index (κ1) is 23.8. The molecule has 0 N–H and O–H groups in total. The summed E-state index contributed by atoms with van der Waals surface area (Å²) in [4.78, 5) is 4.22. The van der Waals surface area contributed by atoms with Gasteiger partial charge in [-0.25, -0.2) is 4.98 Å². The van der Waals surface area contributed by atoms with Crippen molar-refractivity contribution in [1.82, 2.24) is 9.55 Å². The van der Waals surface area contributed by atoms with Gasteiger partial charge in [0.25, 0.3) is 0 Å². The number of aryl methyl sites for hydroxylation is 1. The Labute approximate surface area is 187 Å². The maximum absolute atomic E-state index is 6.23. The summed E-state index contributed by atoms with van der Waals surface area (Å²) in [6.07, 6.45) is 3.52. The Morgan fingerprint density at radius 3 is 2.35 bits per heavy atom. The molecule has 1 saturated heterocycles. The fourth-order valence-electron chi connectivity index (χ4n) is 2.97. The lowest BCUT2D eigenvalue weighted by molar-refractivity contribution is 0.00578. The molecule has 2 aromatic rings. The van der Waals surface area contributed by atoms with Gasteiger partial charge in [-0.1, -0.05) is 25.7 Å². The van der Waals surface area contributed by atoms with Gasteiger partial charge >= 0.3 is 13.1 Å². The molecule has 1 aliphatic rings. The quantitative estimate of drug-likeness (QED) is 0.327. The SMILES string of the molecule is Cn1ccnc1Oc1ccc(B2OC(C)(C)C(C)(C)O2)c(OCOCC[Si](C)(C)C)c1. The van der Waals surface area contributed by atoms with Crippen LogP contribution >= 0.6 is 0 Å². The topological polar surface area (TPSA) is 64.0 Å². The number of hydrogen-bond acceptors (Lipinski definition) is 6. The first-order valence-electron chi connectivity index (χ1n) is 10.7. The minimum Gasteiger partial charge on any atom is -0.468 e. The highest BCUT2D eigenvalue weighted by Gasteiger charge is 2.52. The Kier molecular flexibility index (Phi) is 6.90. The fraction of sp³-hybridized carbons (Fsp3) is 0.591. The molecule has 0 amide bonds. The summed E-state index contributed by atoms with van der Waals surface area (Å²) in [5.41, 5.74) is -0.0739. The lowest BCUT2D eigenvalue weighted by Crippen LogP contribution is -2.41. The summed E-state index contributed by atoms with van der Waals surface area (Å²) in [6.45, 7) is 16.0. The molecule has 0 saturated carbocycles. The van der Waals surface area contributed by atoms with Gasteiger partial charge < -0.3 is 28.1 Å². The van der Waals surface area contributed by atoms with Gasteiger partial charge in [0.05, 0.1) is 11.2 Å². The molecule has 1 aromatic carbocycles. The number of hydrogen-bond donors (Lipinski definition) is 0. The van der Waals surface area contributed by atoms with Gasteiger partial charge in [-0.2, -0.15) is 0 Å². The van der Waals surface area contributed by atoms with Crippen LogP contribution in [0.15, 0.2) is 30.6 Å². The number of benzene rings is 1. The predicted molar refractivity (Wildman–Crippen MR) is 125 cm³/mol. The average Bonchev–Trinajstić information content (AvgIpc) is 3.13. The first-order valence-corrected chi connectivity index (χ1v) is 14.4. The molecule has 0 atom stereocenters. The normalized spacial score (nSPS) is 17.7. The third kappa shape index (κ3) is 5.91. The van der Waals surface area contributed by atoms with Crippen LogP contribution in [0.2, 0.25) is 25.7 Å². The monoisotopic (exact) mass is 446 g/mol. The van der Waals surface area contributed by atoms with Crippen LogP contribution in [0.4, 0.5) is 0 Å². The molecule has 1 aromatic heterocycles. The van der Waals surface area contributed by atoms with E-state index in [1.54, 1.807) is 6.20 Å². The van der Waals surface area contributed by atoms with E-state index in [4.69, 9.17) is 23.5 Å². The molecule has 7 nitrogen and oxygen atoms in total. The van der Waals surface area contributed by atoms with Crippen molar-refractivity contribution in [3.05, 3.63) is 30.6 Å². The van der Waals surface area contributed by atoms with E-state index in [0.29, 0.717) is 24.1 Å². The van der Waals surface area contributed by atoms with Crippen LogP contribution in [-0.2, 0) is 21.1 Å². The second-order valence-corrected chi connectivity index (χ2v) is 15.8. The van der Waals surface area contributed by atoms with Crippen molar-refractivity contribution in [3.8, 4) is 17.5 Å². The third-order valence-electron chi connectivity index (χ3n) is 5.77. The number of imidazole rings is 1. The second-order valence-electron chi connectivity index (χ2n) is 10.2. The zero-order chi connectivity index (χ0) is 22.9. The molecule has 9 heteroatoms. The summed E-state index contributed by atoms with van der Waals surface area (Å²) >= 11 is 0. The van der Waals surface area contributed by atoms with E-state index < -0.39 is 26.4 Å². The lowest BCUT2D eigenvalue weighted by Gasteiger charge is -2.32. The summed E-state index contributed by atoms with van der Waals surface area (Å²) in [7, 11) is 0.191. The number of ether oxygens (including phenoxy) is 3. The molecule has 0 bridgehead atoms. The molecular weight excluding hydrogens is 411 g/mol. The Bertz CT molecular complexity index is 878. The Balaban J connectivity index is 1.78. The van der Waals surface area contributed by atoms with Crippen molar-refractivity contribution in [2.75, 3.05) is 13.4 Å². The van der Waals surface area contributed by atoms with Crippen LogP contribution < -0.4 is 14.9 Å². The molecular formula is C22H35BN2O5Si. The van der Waals surface area contributed by atoms with Crippen molar-refractivity contribution in [3.63, 3.8) is 0 Å². The molecule has 31 heavy (non-hydrogen) atoms. The van der Waals surface area contributed by atoms with Crippen LogP contribution in [0.1, 0.15) is 27.7 Å². The molecule has 0 radical (unpaired) electrons. The second kappa shape index (κ2) is 8.98. The van der Waals surface area contributed by atoms with E-state index in [-0.39, 0.29) is 6.79 Å². The number of nitrogens with zero attached hydrogens (tertiary/aromatic N) is 2. The molecule has 3 rings (SSSR count). The maximum atomic E-state index is 6.23. The van der Waals surface area contributed by atoms with Crippen LogP contribution in [0, 0.1) is 0 Å². The van der Waals surface area contributed by atoms with Crippen LogP contribution in [0.3, 0.4) is 0 Å². The third-order valence-corrected chi connectivity index (χ3v) is 7.48. The van der Waals surface area contributed by atoms with Crippen molar-refractivity contribution >= 4 is 20.7 Å². The van der Waals surface area contributed by atoms with Crippen molar-refractivity contribution in [1.29, 1.82) is 0 Å². The van der Waals surface area contributed by atoms with Gasteiger partial charge in [0, 0.05) is 45.7 Å². The Hall–Kier alpha value is -1.81. The van der Waals surface area contributed by atoms with Gasteiger partial charge in [0.15, 0.2) is 6.79 Å². The van der Waals surface area contributed by atoms with Crippen molar-refractivity contribution < 1.29 is 23.5 Å². The van der Waals surface area contributed by atoms with E-state index in [9.17, 15) is 0 Å². The van der Waals surface area contributed by atoms with E-state index in [1.807, 2.05) is 63.7 Å². The van der Waals surface area contributed by atoms with Crippen LogP contribution in [-0.4, -0.2) is 49.3 Å². The van der Waals surface area contributed by atoms with E-state index in [2.05, 4.69) is 24.6 Å². The summed E-state index contributed by atoms with van der Waals surface area (Å²) < 4.78 is 32.0. The number of aromatic nitrogens is 2. The molecule has 0 aliphatic carbocycles. The minimum absolute atomic E-state index is 0.156. The molecule has 2 heterocycles.